The monoisotopic (exact) mass is 646 g/mol. The summed E-state index contributed by atoms with van der Waals surface area (Å²) in [6.07, 6.45) is 1.49. The van der Waals surface area contributed by atoms with Crippen LogP contribution < -0.4 is 23.7 Å². The number of phenols is 1. The van der Waals surface area contributed by atoms with Gasteiger partial charge in [0.2, 0.25) is 0 Å². The van der Waals surface area contributed by atoms with Crippen LogP contribution in [0, 0.1) is 22.7 Å². The minimum absolute atomic E-state index is 0.0269. The SMILES string of the molecule is CCc1c(O)cc(Br)c2c1OCCO2.CCc1c(OCC#N)cc(Br)c2c1OCCO2.[3H]S(=O)CC#N. The molecule has 1 atom stereocenters. The highest BCUT2D eigenvalue weighted by atomic mass is 79.9. The van der Waals surface area contributed by atoms with Crippen molar-refractivity contribution in [1.82, 2.24) is 0 Å². The van der Waals surface area contributed by atoms with Crippen molar-refractivity contribution in [1.29, 1.82) is 11.6 Å². The van der Waals surface area contributed by atoms with Gasteiger partial charge in [-0.15, -0.1) is 0 Å². The van der Waals surface area contributed by atoms with E-state index in [4.69, 9.17) is 35.3 Å². The molecule has 36 heavy (non-hydrogen) atoms. The van der Waals surface area contributed by atoms with Crippen molar-refractivity contribution >= 4 is 43.4 Å². The second-order valence-corrected chi connectivity index (χ2v) is 9.21. The average molecular weight is 648 g/mol. The molecule has 9 nitrogen and oxygen atoms in total. The second kappa shape index (κ2) is 15.4. The van der Waals surface area contributed by atoms with Gasteiger partial charge in [0.15, 0.2) is 29.6 Å². The van der Waals surface area contributed by atoms with Gasteiger partial charge in [-0.1, -0.05) is 13.8 Å². The molecule has 194 valence electrons. The Labute approximate surface area is 231 Å². The van der Waals surface area contributed by atoms with E-state index in [1.54, 1.807) is 12.1 Å². The van der Waals surface area contributed by atoms with E-state index in [1.807, 2.05) is 26.0 Å². The first-order chi connectivity index (χ1) is 17.8. The van der Waals surface area contributed by atoms with E-state index in [9.17, 15) is 9.32 Å². The van der Waals surface area contributed by atoms with E-state index < -0.39 is 11.6 Å². The van der Waals surface area contributed by atoms with E-state index in [-0.39, 0.29) is 18.1 Å². The van der Waals surface area contributed by atoms with Gasteiger partial charge in [0.05, 0.1) is 15.0 Å². The fourth-order valence-corrected chi connectivity index (χ4v) is 4.42. The Balaban J connectivity index is 0.000000217. The molecule has 0 aliphatic carbocycles. The lowest BCUT2D eigenvalue weighted by Gasteiger charge is -2.23. The molecule has 1 N–H and O–H groups in total. The van der Waals surface area contributed by atoms with Crippen molar-refractivity contribution in [3.63, 3.8) is 0 Å². The highest BCUT2D eigenvalue weighted by Gasteiger charge is 2.23. The van der Waals surface area contributed by atoms with Gasteiger partial charge in [0.25, 0.3) is 0 Å². The molecule has 2 aliphatic heterocycles. The van der Waals surface area contributed by atoms with Crippen LogP contribution in [0.4, 0.5) is 0 Å². The van der Waals surface area contributed by atoms with Crippen molar-refractivity contribution in [3.05, 3.63) is 32.2 Å². The van der Waals surface area contributed by atoms with Gasteiger partial charge < -0.3 is 28.8 Å². The molecule has 0 saturated heterocycles. The molecule has 2 heterocycles. The van der Waals surface area contributed by atoms with Crippen LogP contribution in [-0.4, -0.2) is 49.2 Å². The lowest BCUT2D eigenvalue weighted by molar-refractivity contribution is 0.167. The van der Waals surface area contributed by atoms with Gasteiger partial charge in [-0.3, -0.25) is 4.21 Å². The first-order valence-corrected chi connectivity index (χ1v) is 13.4. The molecule has 0 spiro atoms. The zero-order valence-electron chi connectivity index (χ0n) is 20.8. The van der Waals surface area contributed by atoms with Crippen LogP contribution in [0.5, 0.6) is 34.5 Å². The number of halogens is 2. The van der Waals surface area contributed by atoms with Gasteiger partial charge in [-0.2, -0.15) is 10.5 Å². The molecule has 0 aromatic heterocycles. The summed E-state index contributed by atoms with van der Waals surface area (Å²) in [6, 6.07) is 7.01. The Morgan fingerprint density at radius 2 is 1.44 bits per heavy atom. The third kappa shape index (κ3) is 7.66. The van der Waals surface area contributed by atoms with Crippen LogP contribution >= 0.6 is 31.9 Å². The number of phenolic OH excluding ortho intramolecular Hbond substituents is 1. The molecular weight excluding hydrogens is 620 g/mol. The summed E-state index contributed by atoms with van der Waals surface area (Å²) in [5.41, 5.74) is 1.75. The highest BCUT2D eigenvalue weighted by Crippen LogP contribution is 2.46. The summed E-state index contributed by atoms with van der Waals surface area (Å²) in [6.45, 7) is 6.19. The Hall–Kier alpha value is -2.67. The summed E-state index contributed by atoms with van der Waals surface area (Å²) in [5.74, 6) is 3.56. The number of benzene rings is 2. The molecule has 12 heteroatoms. The number of nitrogens with zero attached hydrogens (tertiary/aromatic N) is 2. The Morgan fingerprint density at radius 3 is 1.89 bits per heavy atom. The van der Waals surface area contributed by atoms with Crippen LogP contribution in [0.2, 0.25) is 0 Å². The number of hydrogen-bond donors (Lipinski definition) is 2. The van der Waals surface area contributed by atoms with E-state index >= 15 is 0 Å². The maximum atomic E-state index is 9.68. The fourth-order valence-electron chi connectivity index (χ4n) is 3.35. The summed E-state index contributed by atoms with van der Waals surface area (Å²) in [5, 5.41) is 25.9. The van der Waals surface area contributed by atoms with E-state index in [0.717, 1.165) is 44.4 Å². The smallest absolute Gasteiger partial charge is 0.176 e. The Morgan fingerprint density at radius 1 is 0.944 bits per heavy atom. The van der Waals surface area contributed by atoms with E-state index in [1.165, 1.54) is 0 Å². The highest BCUT2D eigenvalue weighted by molar-refractivity contribution is 9.11. The lowest BCUT2D eigenvalue weighted by atomic mass is 10.1. The topological polar surface area (TPSA) is 131 Å². The van der Waals surface area contributed by atoms with Crippen LogP contribution in [0.3, 0.4) is 0 Å². The van der Waals surface area contributed by atoms with Crippen LogP contribution in [0.25, 0.3) is 0 Å². The van der Waals surface area contributed by atoms with E-state index in [0.29, 0.717) is 43.7 Å². The quantitative estimate of drug-likeness (QED) is 0.446. The predicted octanol–water partition coefficient (Wildman–Crippen LogP) is 4.63. The second-order valence-electron chi connectivity index (χ2n) is 6.98. The zero-order chi connectivity index (χ0) is 27.4. The number of ether oxygens (including phenoxy) is 5. The van der Waals surface area contributed by atoms with Crippen molar-refractivity contribution in [2.24, 2.45) is 0 Å². The first kappa shape index (κ1) is 27.9. The fraction of sp³-hybridized carbons (Fsp3) is 0.417. The standard InChI is InChI=1S/C12H12BrNO3.C10H11BrO3.C2H3NOS/c1-2-8-10(15-4-3-14)7-9(13)12-11(8)16-5-6-17-12;1-2-6-8(12)5-7(11)10-9(6)13-3-4-14-10;3-1-2-5-4/h7H,2,4-6H2,1H3;5,12H,2-4H2,1H3;5H,2H2/i;;5T. The molecule has 2 aromatic carbocycles. The average Bonchev–Trinajstić information content (AvgIpc) is 2.88. The normalized spacial score (nSPS) is 13.8. The molecule has 4 rings (SSSR count). The third-order valence-electron chi connectivity index (χ3n) is 4.80. The number of hydrogen-bond acceptors (Lipinski definition) is 9. The van der Waals surface area contributed by atoms with Gasteiger partial charge in [-0.05, 0) is 56.8 Å². The molecule has 2 aliphatic rings. The van der Waals surface area contributed by atoms with Crippen molar-refractivity contribution in [2.75, 3.05) is 38.8 Å². The number of fused-ring (bicyclic) bond motifs is 2. The first-order valence-electron chi connectivity index (χ1n) is 11.4. The van der Waals surface area contributed by atoms with Crippen molar-refractivity contribution in [2.45, 2.75) is 26.7 Å². The van der Waals surface area contributed by atoms with Crippen molar-refractivity contribution in [3.8, 4) is 46.6 Å². The molecule has 0 fully saturated rings. The molecule has 2 aromatic rings. The Kier molecular flexibility index (Phi) is 12.0. The summed E-state index contributed by atoms with van der Waals surface area (Å²) in [4.78, 5) is 0. The molecule has 0 amide bonds. The maximum Gasteiger partial charge on any atom is 0.176 e. The van der Waals surface area contributed by atoms with Crippen molar-refractivity contribution < 1.29 is 33.0 Å². The molecule has 0 saturated carbocycles. The summed E-state index contributed by atoms with van der Waals surface area (Å²) < 4.78 is 44.9. The van der Waals surface area contributed by atoms with E-state index in [2.05, 4.69) is 31.9 Å². The minimum Gasteiger partial charge on any atom is -0.507 e. The Bertz CT molecular complexity index is 1180. The van der Waals surface area contributed by atoms with Gasteiger partial charge in [0.1, 0.15) is 50.9 Å². The van der Waals surface area contributed by atoms with Gasteiger partial charge in [0, 0.05) is 22.7 Å². The number of aromatic hydroxyl groups is 1. The number of nitriles is 2. The molecular formula is C24H26Br2N2O7S. The lowest BCUT2D eigenvalue weighted by Crippen LogP contribution is -2.17. The maximum absolute atomic E-state index is 9.68. The van der Waals surface area contributed by atoms with Crippen LogP contribution in [-0.2, 0) is 24.4 Å². The zero-order valence-corrected chi connectivity index (χ0v) is 23.8. The number of rotatable bonds is 5. The van der Waals surface area contributed by atoms with Crippen LogP contribution in [0.15, 0.2) is 21.1 Å². The largest absolute Gasteiger partial charge is 0.507 e. The minimum atomic E-state index is -1.68. The predicted molar refractivity (Wildman–Crippen MR) is 142 cm³/mol. The summed E-state index contributed by atoms with van der Waals surface area (Å²) in [7, 11) is 0. The molecule has 0 bridgehead atoms. The molecule has 0 radical (unpaired) electrons. The molecule has 1 unspecified atom stereocenters. The summed E-state index contributed by atoms with van der Waals surface area (Å²) >= 11 is 5.07. The van der Waals surface area contributed by atoms with Crippen LogP contribution in [0.1, 0.15) is 25.0 Å². The van der Waals surface area contributed by atoms with Gasteiger partial charge in [-0.25, -0.2) is 0 Å². The van der Waals surface area contributed by atoms with Gasteiger partial charge >= 0.3 is 0 Å². The third-order valence-corrected chi connectivity index (χ3v) is 6.22. The number of thiol groups is 1.